The van der Waals surface area contributed by atoms with Gasteiger partial charge in [-0.25, -0.2) is 0 Å². The molecule has 1 amide bonds. The summed E-state index contributed by atoms with van der Waals surface area (Å²) in [6.07, 6.45) is -0.829. The van der Waals surface area contributed by atoms with Gasteiger partial charge in [0.1, 0.15) is 6.61 Å². The molecule has 0 bridgehead atoms. The molecule has 3 aromatic rings. The maximum Gasteiger partial charge on any atom is 0.292 e. The van der Waals surface area contributed by atoms with Crippen molar-refractivity contribution in [1.82, 2.24) is 4.57 Å². The fraction of sp³-hybridized carbons (Fsp3) is 0.176. The van der Waals surface area contributed by atoms with Crippen LogP contribution in [0.5, 0.6) is 11.5 Å². The Bertz CT molecular complexity index is 1100. The number of nitro benzene ring substituents is 1. The molecule has 1 aliphatic heterocycles. The molecular formula is C17H13N3O5S. The third-order valence-electron chi connectivity index (χ3n) is 3.99. The summed E-state index contributed by atoms with van der Waals surface area (Å²) in [5, 5.41) is 10.9. The van der Waals surface area contributed by atoms with Gasteiger partial charge in [0, 0.05) is 19.2 Å². The van der Waals surface area contributed by atoms with Gasteiger partial charge in [0.05, 0.1) is 15.1 Å². The maximum absolute atomic E-state index is 12.5. The van der Waals surface area contributed by atoms with E-state index < -0.39 is 16.9 Å². The molecule has 8 nitrogen and oxygen atoms in total. The molecular weight excluding hydrogens is 358 g/mol. The largest absolute Gasteiger partial charge is 0.485 e. The van der Waals surface area contributed by atoms with Crippen LogP contribution in [0.1, 0.15) is 0 Å². The number of hydrogen-bond acceptors (Lipinski definition) is 6. The average molecular weight is 371 g/mol. The number of carbonyl (C=O) groups is 1. The summed E-state index contributed by atoms with van der Waals surface area (Å²) >= 11 is 1.21. The van der Waals surface area contributed by atoms with Crippen molar-refractivity contribution in [2.45, 2.75) is 6.10 Å². The van der Waals surface area contributed by atoms with E-state index in [1.807, 2.05) is 6.07 Å². The number of non-ortho nitro benzene ring substituents is 1. The summed E-state index contributed by atoms with van der Waals surface area (Å²) < 4.78 is 13.6. The normalized spacial score (nSPS) is 16.7. The molecule has 2 aromatic carbocycles. The molecule has 0 radical (unpaired) electrons. The highest BCUT2D eigenvalue weighted by atomic mass is 32.1. The highest BCUT2D eigenvalue weighted by Crippen LogP contribution is 2.31. The van der Waals surface area contributed by atoms with E-state index in [1.165, 1.54) is 23.5 Å². The van der Waals surface area contributed by atoms with E-state index in [1.54, 1.807) is 35.9 Å². The quantitative estimate of drug-likeness (QED) is 0.509. The number of nitrogens with zero attached hydrogens (tertiary/aromatic N) is 3. The van der Waals surface area contributed by atoms with E-state index in [2.05, 4.69) is 4.99 Å². The minimum absolute atomic E-state index is 0.00199. The molecule has 1 aromatic heterocycles. The molecule has 132 valence electrons. The Morgan fingerprint density at radius 3 is 2.85 bits per heavy atom. The number of thiazole rings is 1. The Hall–Kier alpha value is -3.20. The highest BCUT2D eigenvalue weighted by Gasteiger charge is 2.27. The van der Waals surface area contributed by atoms with E-state index in [0.29, 0.717) is 21.0 Å². The van der Waals surface area contributed by atoms with Crippen molar-refractivity contribution in [3.63, 3.8) is 0 Å². The van der Waals surface area contributed by atoms with Crippen molar-refractivity contribution in [2.75, 3.05) is 6.61 Å². The van der Waals surface area contributed by atoms with Gasteiger partial charge in [0.15, 0.2) is 16.3 Å². The summed E-state index contributed by atoms with van der Waals surface area (Å²) in [6.45, 7) is 0.0828. The van der Waals surface area contributed by atoms with Crippen LogP contribution in [0, 0.1) is 10.1 Å². The number of benzene rings is 2. The lowest BCUT2D eigenvalue weighted by molar-refractivity contribution is -0.384. The van der Waals surface area contributed by atoms with E-state index in [4.69, 9.17) is 9.47 Å². The minimum atomic E-state index is -0.829. The second-order valence-electron chi connectivity index (χ2n) is 5.67. The van der Waals surface area contributed by atoms with Gasteiger partial charge in [-0.3, -0.25) is 14.9 Å². The smallest absolute Gasteiger partial charge is 0.292 e. The van der Waals surface area contributed by atoms with Crippen molar-refractivity contribution in [1.29, 1.82) is 0 Å². The monoisotopic (exact) mass is 371 g/mol. The zero-order chi connectivity index (χ0) is 18.3. The average Bonchev–Trinajstić information content (AvgIpc) is 2.96. The lowest BCUT2D eigenvalue weighted by Gasteiger charge is -2.23. The number of nitro groups is 1. The molecule has 0 fully saturated rings. The molecule has 1 atom stereocenters. The number of amides is 1. The Kier molecular flexibility index (Phi) is 3.92. The molecule has 0 aliphatic carbocycles. The molecule has 0 unspecified atom stereocenters. The number of ether oxygens (including phenoxy) is 2. The summed E-state index contributed by atoms with van der Waals surface area (Å²) in [4.78, 5) is 27.5. The van der Waals surface area contributed by atoms with Crippen molar-refractivity contribution in [2.24, 2.45) is 12.0 Å². The molecule has 0 N–H and O–H groups in total. The molecule has 26 heavy (non-hydrogen) atoms. The lowest BCUT2D eigenvalue weighted by atomic mass is 10.2. The van der Waals surface area contributed by atoms with Crippen LogP contribution in [0.3, 0.4) is 0 Å². The predicted molar refractivity (Wildman–Crippen MR) is 94.4 cm³/mol. The van der Waals surface area contributed by atoms with Gasteiger partial charge in [0.25, 0.3) is 11.6 Å². The van der Waals surface area contributed by atoms with Crippen molar-refractivity contribution >= 4 is 33.1 Å². The SMILES string of the molecule is Cn1c(=NC(=O)[C@@H]2COc3ccccc3O2)sc2cc([N+](=O)[O-])ccc21. The molecule has 4 rings (SSSR count). The Morgan fingerprint density at radius 1 is 1.31 bits per heavy atom. The van der Waals surface area contributed by atoms with Crippen LogP contribution in [-0.4, -0.2) is 28.1 Å². The fourth-order valence-corrected chi connectivity index (χ4v) is 3.71. The molecule has 9 heteroatoms. The first-order chi connectivity index (χ1) is 12.5. The summed E-state index contributed by atoms with van der Waals surface area (Å²) in [5.41, 5.74) is 0.760. The second-order valence-corrected chi connectivity index (χ2v) is 6.68. The maximum atomic E-state index is 12.5. The van der Waals surface area contributed by atoms with E-state index in [0.717, 1.165) is 5.52 Å². The van der Waals surface area contributed by atoms with Crippen LogP contribution in [0.15, 0.2) is 47.5 Å². The Balaban J connectivity index is 1.67. The van der Waals surface area contributed by atoms with Gasteiger partial charge < -0.3 is 14.0 Å². The van der Waals surface area contributed by atoms with Crippen LogP contribution in [-0.2, 0) is 11.8 Å². The predicted octanol–water partition coefficient (Wildman–Crippen LogP) is 2.42. The molecule has 2 heterocycles. The van der Waals surface area contributed by atoms with Crippen molar-refractivity contribution < 1.29 is 19.2 Å². The Morgan fingerprint density at radius 2 is 2.08 bits per heavy atom. The zero-order valence-electron chi connectivity index (χ0n) is 13.6. The number of fused-ring (bicyclic) bond motifs is 2. The topological polar surface area (TPSA) is 96.0 Å². The highest BCUT2D eigenvalue weighted by molar-refractivity contribution is 7.16. The van der Waals surface area contributed by atoms with Crippen LogP contribution in [0.25, 0.3) is 10.2 Å². The second kappa shape index (κ2) is 6.26. The van der Waals surface area contributed by atoms with Crippen molar-refractivity contribution in [3.8, 4) is 11.5 Å². The lowest BCUT2D eigenvalue weighted by Crippen LogP contribution is -2.36. The first kappa shape index (κ1) is 16.3. The summed E-state index contributed by atoms with van der Waals surface area (Å²) in [7, 11) is 1.75. The molecule has 0 spiro atoms. The number of aryl methyl sites for hydroxylation is 1. The molecule has 1 aliphatic rings. The molecule has 0 saturated heterocycles. The van der Waals surface area contributed by atoms with Gasteiger partial charge >= 0.3 is 0 Å². The van der Waals surface area contributed by atoms with Crippen molar-refractivity contribution in [3.05, 3.63) is 57.4 Å². The number of para-hydroxylation sites is 2. The van der Waals surface area contributed by atoms with Gasteiger partial charge in [-0.2, -0.15) is 4.99 Å². The standard InChI is InChI=1S/C17H13N3O5S/c1-19-11-7-6-10(20(22)23)8-15(11)26-17(19)18-16(21)14-9-24-12-4-2-3-5-13(12)25-14/h2-8,14H,9H2,1H3/t14-/m0/s1. The third-order valence-corrected chi connectivity index (χ3v) is 5.09. The van der Waals surface area contributed by atoms with Crippen LogP contribution >= 0.6 is 11.3 Å². The first-order valence-corrected chi connectivity index (χ1v) is 8.55. The van der Waals surface area contributed by atoms with E-state index in [-0.39, 0.29) is 12.3 Å². The van der Waals surface area contributed by atoms with Crippen LogP contribution in [0.2, 0.25) is 0 Å². The zero-order valence-corrected chi connectivity index (χ0v) is 14.4. The van der Waals surface area contributed by atoms with Gasteiger partial charge in [-0.1, -0.05) is 23.5 Å². The van der Waals surface area contributed by atoms with E-state index in [9.17, 15) is 14.9 Å². The van der Waals surface area contributed by atoms with Gasteiger partial charge in [-0.15, -0.1) is 0 Å². The number of carbonyl (C=O) groups excluding carboxylic acids is 1. The fourth-order valence-electron chi connectivity index (χ4n) is 2.65. The number of aromatic nitrogens is 1. The molecule has 0 saturated carbocycles. The van der Waals surface area contributed by atoms with Gasteiger partial charge in [-0.05, 0) is 18.2 Å². The van der Waals surface area contributed by atoms with Crippen LogP contribution in [0.4, 0.5) is 5.69 Å². The number of hydrogen-bond donors (Lipinski definition) is 0. The first-order valence-electron chi connectivity index (χ1n) is 7.74. The Labute approximate surface area is 151 Å². The minimum Gasteiger partial charge on any atom is -0.485 e. The van der Waals surface area contributed by atoms with Crippen LogP contribution < -0.4 is 14.3 Å². The summed E-state index contributed by atoms with van der Waals surface area (Å²) in [5.74, 6) is 0.635. The van der Waals surface area contributed by atoms with E-state index >= 15 is 0 Å². The van der Waals surface area contributed by atoms with Gasteiger partial charge in [0.2, 0.25) is 6.10 Å². The number of rotatable bonds is 2. The third kappa shape index (κ3) is 2.82. The summed E-state index contributed by atoms with van der Waals surface area (Å²) in [6, 6.07) is 11.7.